The van der Waals surface area contributed by atoms with Gasteiger partial charge in [-0.1, -0.05) is 6.07 Å². The fourth-order valence-electron chi connectivity index (χ4n) is 6.12. The number of imide groups is 1. The summed E-state index contributed by atoms with van der Waals surface area (Å²) in [4.78, 5) is 29.0. The minimum atomic E-state index is -2.70. The highest BCUT2D eigenvalue weighted by atomic mass is 19.3. The molecule has 0 radical (unpaired) electrons. The molecule has 1 aromatic carbocycles. The van der Waals surface area contributed by atoms with Crippen molar-refractivity contribution in [2.45, 2.75) is 56.1 Å². The monoisotopic (exact) mass is 419 g/mol. The third-order valence-corrected chi connectivity index (χ3v) is 7.80. The standard InChI is InChI=1S/C22H27F2N3O3/c1-26-18(28)22(25-19(26)29)17-11-15(27-10-9-21(23,24)13-27)4-3-14(17)12-20(22)7-5-16(30-2)6-8-20/h3-4,11,16H,5-10,12-13H2,1-2H3,(H,25,29). The Morgan fingerprint density at radius 3 is 2.47 bits per heavy atom. The molecule has 3 fully saturated rings. The maximum absolute atomic E-state index is 13.8. The number of rotatable bonds is 2. The zero-order valence-corrected chi connectivity index (χ0v) is 17.3. The molecule has 4 aliphatic rings. The van der Waals surface area contributed by atoms with Gasteiger partial charge in [0, 0.05) is 38.2 Å². The Bertz CT molecular complexity index is 913. The van der Waals surface area contributed by atoms with Gasteiger partial charge in [0.1, 0.15) is 0 Å². The fraction of sp³-hybridized carbons (Fsp3) is 0.636. The second kappa shape index (κ2) is 6.39. The summed E-state index contributed by atoms with van der Waals surface area (Å²) in [6.45, 7) is -0.0423. The molecule has 2 aliphatic carbocycles. The Hall–Kier alpha value is -2.22. The summed E-state index contributed by atoms with van der Waals surface area (Å²) in [5.74, 6) is -2.94. The van der Waals surface area contributed by atoms with Crippen molar-refractivity contribution in [2.24, 2.45) is 5.41 Å². The number of anilines is 1. The summed E-state index contributed by atoms with van der Waals surface area (Å²) in [6, 6.07) is 5.29. The van der Waals surface area contributed by atoms with E-state index in [-0.39, 0.29) is 31.5 Å². The van der Waals surface area contributed by atoms with E-state index in [1.54, 1.807) is 12.0 Å². The summed E-state index contributed by atoms with van der Waals surface area (Å²) in [6.07, 6.45) is 3.84. The van der Waals surface area contributed by atoms with Crippen LogP contribution >= 0.6 is 0 Å². The Balaban J connectivity index is 1.59. The van der Waals surface area contributed by atoms with E-state index < -0.39 is 22.9 Å². The van der Waals surface area contributed by atoms with Crippen LogP contribution in [-0.4, -0.2) is 56.1 Å². The molecule has 30 heavy (non-hydrogen) atoms. The molecule has 3 amide bonds. The molecule has 8 heteroatoms. The topological polar surface area (TPSA) is 61.9 Å². The number of methoxy groups -OCH3 is 1. The number of benzene rings is 1. The van der Waals surface area contributed by atoms with Crippen molar-refractivity contribution in [3.05, 3.63) is 29.3 Å². The van der Waals surface area contributed by atoms with Crippen LogP contribution in [0.1, 0.15) is 43.2 Å². The first-order valence-electron chi connectivity index (χ1n) is 10.6. The predicted octanol–water partition coefficient (Wildman–Crippen LogP) is 3.04. The van der Waals surface area contributed by atoms with Gasteiger partial charge >= 0.3 is 6.03 Å². The largest absolute Gasteiger partial charge is 0.381 e. The molecule has 1 saturated carbocycles. The van der Waals surface area contributed by atoms with Gasteiger partial charge in [-0.15, -0.1) is 0 Å². The van der Waals surface area contributed by atoms with E-state index in [1.165, 1.54) is 7.05 Å². The van der Waals surface area contributed by atoms with Crippen molar-refractivity contribution in [2.75, 3.05) is 32.1 Å². The molecule has 162 valence electrons. The minimum absolute atomic E-state index is 0.156. The lowest BCUT2D eigenvalue weighted by molar-refractivity contribution is -0.137. The molecule has 0 bridgehead atoms. The lowest BCUT2D eigenvalue weighted by Crippen LogP contribution is -2.56. The van der Waals surface area contributed by atoms with Crippen LogP contribution in [0.3, 0.4) is 0 Å². The van der Waals surface area contributed by atoms with Crippen LogP contribution in [0.5, 0.6) is 0 Å². The molecule has 1 atom stereocenters. The molecule has 5 rings (SSSR count). The highest BCUT2D eigenvalue weighted by molar-refractivity contribution is 6.08. The highest BCUT2D eigenvalue weighted by Gasteiger charge is 2.67. The normalized spacial score (nSPS) is 34.9. The summed E-state index contributed by atoms with van der Waals surface area (Å²) in [5, 5.41) is 3.04. The molecule has 1 aromatic rings. The molecule has 1 unspecified atom stereocenters. The second-order valence-electron chi connectivity index (χ2n) is 9.31. The number of amides is 3. The van der Waals surface area contributed by atoms with E-state index in [4.69, 9.17) is 4.74 Å². The number of carbonyl (C=O) groups excluding carboxylic acids is 2. The fourth-order valence-corrected chi connectivity index (χ4v) is 6.12. The third kappa shape index (κ3) is 2.55. The Morgan fingerprint density at radius 2 is 1.90 bits per heavy atom. The number of urea groups is 1. The summed E-state index contributed by atoms with van der Waals surface area (Å²) < 4.78 is 33.1. The van der Waals surface area contributed by atoms with Crippen LogP contribution in [0, 0.1) is 5.41 Å². The molecule has 6 nitrogen and oxygen atoms in total. The number of nitrogens with one attached hydrogen (secondary N) is 1. The molecular weight excluding hydrogens is 392 g/mol. The maximum atomic E-state index is 13.8. The van der Waals surface area contributed by atoms with E-state index in [0.29, 0.717) is 12.1 Å². The van der Waals surface area contributed by atoms with Crippen LogP contribution < -0.4 is 10.2 Å². The number of nitrogens with zero attached hydrogens (tertiary/aromatic N) is 2. The van der Waals surface area contributed by atoms with Gasteiger partial charge in [0.05, 0.1) is 12.6 Å². The number of carbonyl (C=O) groups is 2. The summed E-state index contributed by atoms with van der Waals surface area (Å²) >= 11 is 0. The predicted molar refractivity (Wildman–Crippen MR) is 107 cm³/mol. The van der Waals surface area contributed by atoms with Crippen molar-refractivity contribution in [3.8, 4) is 0 Å². The molecular formula is C22H27F2N3O3. The van der Waals surface area contributed by atoms with Crippen LogP contribution in [0.4, 0.5) is 19.3 Å². The van der Waals surface area contributed by atoms with Gasteiger partial charge in [-0.3, -0.25) is 9.69 Å². The quantitative estimate of drug-likeness (QED) is 0.749. The van der Waals surface area contributed by atoms with Crippen LogP contribution in [0.15, 0.2) is 18.2 Å². The van der Waals surface area contributed by atoms with Gasteiger partial charge in [-0.25, -0.2) is 13.6 Å². The first-order chi connectivity index (χ1) is 14.2. The van der Waals surface area contributed by atoms with E-state index in [9.17, 15) is 18.4 Å². The smallest absolute Gasteiger partial charge is 0.325 e. The summed E-state index contributed by atoms with van der Waals surface area (Å²) in [5.41, 5.74) is 0.920. The van der Waals surface area contributed by atoms with Crippen LogP contribution in [0.2, 0.25) is 0 Å². The van der Waals surface area contributed by atoms with Gasteiger partial charge in [0.2, 0.25) is 0 Å². The van der Waals surface area contributed by atoms with Gasteiger partial charge in [-0.05, 0) is 55.4 Å². The Morgan fingerprint density at radius 1 is 1.17 bits per heavy atom. The third-order valence-electron chi connectivity index (χ3n) is 7.80. The van der Waals surface area contributed by atoms with Crippen molar-refractivity contribution >= 4 is 17.6 Å². The first kappa shape index (κ1) is 19.7. The number of halogens is 2. The second-order valence-corrected chi connectivity index (χ2v) is 9.31. The molecule has 1 N–H and O–H groups in total. The van der Waals surface area contributed by atoms with Crippen molar-refractivity contribution in [3.63, 3.8) is 0 Å². The van der Waals surface area contributed by atoms with Crippen LogP contribution in [-0.2, 0) is 21.5 Å². The van der Waals surface area contributed by atoms with Crippen molar-refractivity contribution in [1.29, 1.82) is 0 Å². The first-order valence-corrected chi connectivity index (χ1v) is 10.6. The molecule has 0 aromatic heterocycles. The summed E-state index contributed by atoms with van der Waals surface area (Å²) in [7, 11) is 3.21. The lowest BCUT2D eigenvalue weighted by atomic mass is 9.61. The maximum Gasteiger partial charge on any atom is 0.325 e. The number of hydrogen-bond donors (Lipinski definition) is 1. The number of fused-ring (bicyclic) bond motifs is 3. The van der Waals surface area contributed by atoms with E-state index in [2.05, 4.69) is 5.32 Å². The van der Waals surface area contributed by atoms with Crippen molar-refractivity contribution in [1.82, 2.24) is 10.2 Å². The lowest BCUT2D eigenvalue weighted by Gasteiger charge is -2.46. The van der Waals surface area contributed by atoms with Crippen LogP contribution in [0.25, 0.3) is 0 Å². The van der Waals surface area contributed by atoms with Gasteiger partial charge in [0.25, 0.3) is 11.8 Å². The van der Waals surface area contributed by atoms with Gasteiger partial charge < -0.3 is 15.0 Å². The Labute approximate surface area is 174 Å². The Kier molecular flexibility index (Phi) is 4.20. The van der Waals surface area contributed by atoms with E-state index in [0.717, 1.165) is 41.7 Å². The zero-order chi connectivity index (χ0) is 21.3. The zero-order valence-electron chi connectivity index (χ0n) is 17.3. The molecule has 2 heterocycles. The number of likely N-dealkylation sites (N-methyl/N-ethyl adjacent to an activating group) is 1. The molecule has 2 aliphatic heterocycles. The number of hydrogen-bond acceptors (Lipinski definition) is 4. The highest BCUT2D eigenvalue weighted by Crippen LogP contribution is 2.60. The number of ether oxygens (including phenoxy) is 1. The van der Waals surface area contributed by atoms with Crippen molar-refractivity contribution < 1.29 is 23.1 Å². The SMILES string of the molecule is COC1CCC2(CC1)Cc1ccc(N3CCC(F)(F)C3)cc1C21NC(=O)N(C)C1=O. The van der Waals surface area contributed by atoms with E-state index >= 15 is 0 Å². The average Bonchev–Trinajstić information content (AvgIpc) is 3.30. The van der Waals surface area contributed by atoms with E-state index in [1.807, 2.05) is 18.2 Å². The minimum Gasteiger partial charge on any atom is -0.381 e. The number of alkyl halides is 2. The van der Waals surface area contributed by atoms with Gasteiger partial charge in [-0.2, -0.15) is 0 Å². The molecule has 2 spiro atoms. The molecule has 2 saturated heterocycles. The van der Waals surface area contributed by atoms with Gasteiger partial charge in [0.15, 0.2) is 5.54 Å². The average molecular weight is 419 g/mol.